The molecule has 8 heteroatoms. The highest BCUT2D eigenvalue weighted by Gasteiger charge is 2.72. The molecule has 2 aliphatic carbocycles. The van der Waals surface area contributed by atoms with E-state index in [0.717, 1.165) is 30.0 Å². The van der Waals surface area contributed by atoms with Gasteiger partial charge in [-0.05, 0) is 69.1 Å². The van der Waals surface area contributed by atoms with Crippen molar-refractivity contribution in [2.24, 2.45) is 16.7 Å². The zero-order chi connectivity index (χ0) is 28.3. The number of nitrogens with zero attached hydrogens (tertiary/aromatic N) is 1. The van der Waals surface area contributed by atoms with Crippen LogP contribution in [0.5, 0.6) is 0 Å². The molecule has 224 valence electrons. The number of aliphatic hydroxyl groups excluding tert-OH is 2. The fraction of sp³-hybridized carbons (Fsp3) is 0.903. The Morgan fingerprint density at radius 3 is 2.31 bits per heavy atom. The molecule has 2 N–H and O–H groups in total. The number of unbranched alkanes of at least 4 members (excludes halogenated alkanes) is 8. The second-order valence-corrected chi connectivity index (χ2v) is 15.2. The minimum atomic E-state index is -3.78. The van der Waals surface area contributed by atoms with E-state index < -0.39 is 45.8 Å². The number of rotatable bonds is 15. The van der Waals surface area contributed by atoms with Crippen LogP contribution in [-0.2, 0) is 19.6 Å². The van der Waals surface area contributed by atoms with Crippen molar-refractivity contribution in [2.75, 3.05) is 5.75 Å². The summed E-state index contributed by atoms with van der Waals surface area (Å²) in [7, 11) is -3.78. The third-order valence-corrected chi connectivity index (χ3v) is 12.7. The number of fused-ring (bicyclic) bond motifs is 1. The van der Waals surface area contributed by atoms with Crippen molar-refractivity contribution in [2.45, 2.75) is 154 Å². The maximum absolute atomic E-state index is 13.4. The van der Waals surface area contributed by atoms with Crippen LogP contribution in [0.25, 0.3) is 0 Å². The van der Waals surface area contributed by atoms with E-state index in [1.54, 1.807) is 0 Å². The van der Waals surface area contributed by atoms with Gasteiger partial charge in [0.05, 0.1) is 30.1 Å². The van der Waals surface area contributed by atoms with Crippen LogP contribution < -0.4 is 0 Å². The number of ether oxygens (including phenoxy) is 1. The molecule has 39 heavy (non-hydrogen) atoms. The van der Waals surface area contributed by atoms with Gasteiger partial charge in [-0.2, -0.15) is 0 Å². The van der Waals surface area contributed by atoms with Crippen molar-refractivity contribution in [1.82, 2.24) is 4.31 Å². The van der Waals surface area contributed by atoms with E-state index in [2.05, 4.69) is 32.9 Å². The number of carbonyl (C=O) groups is 1. The molecule has 4 fully saturated rings. The first kappa shape index (κ1) is 31.0. The normalized spacial score (nSPS) is 34.1. The van der Waals surface area contributed by atoms with Crippen LogP contribution >= 0.6 is 0 Å². The zero-order valence-electron chi connectivity index (χ0n) is 24.5. The summed E-state index contributed by atoms with van der Waals surface area (Å²) in [5, 5.41) is 21.6. The monoisotopic (exact) mass is 567 g/mol. The molecule has 7 atom stereocenters. The van der Waals surface area contributed by atoms with Crippen molar-refractivity contribution >= 4 is 15.9 Å². The van der Waals surface area contributed by atoms with Crippen LogP contribution in [0.1, 0.15) is 124 Å². The summed E-state index contributed by atoms with van der Waals surface area (Å²) in [6.45, 7) is 6.53. The van der Waals surface area contributed by atoms with E-state index in [4.69, 9.17) is 4.74 Å². The van der Waals surface area contributed by atoms with Gasteiger partial charge in [-0.3, -0.25) is 4.79 Å². The summed E-state index contributed by atoms with van der Waals surface area (Å²) in [5.41, 5.74) is -0.547. The first-order valence-corrected chi connectivity index (χ1v) is 17.4. The molecule has 0 aromatic rings. The number of sulfonamides is 1. The Balaban J connectivity index is 1.18. The van der Waals surface area contributed by atoms with E-state index in [9.17, 15) is 23.4 Å². The Hall–Kier alpha value is -0.960. The van der Waals surface area contributed by atoms with E-state index in [-0.39, 0.29) is 17.2 Å². The van der Waals surface area contributed by atoms with Gasteiger partial charge < -0.3 is 14.9 Å². The van der Waals surface area contributed by atoms with Gasteiger partial charge in [0.25, 0.3) is 5.91 Å². The molecule has 2 heterocycles. The molecule has 1 spiro atoms. The molecular weight excluding hydrogens is 514 g/mol. The predicted octanol–water partition coefficient (Wildman–Crippen LogP) is 5.49. The lowest BCUT2D eigenvalue weighted by Crippen LogP contribution is -2.50. The summed E-state index contributed by atoms with van der Waals surface area (Å²) < 4.78 is 33.3. The highest BCUT2D eigenvalue weighted by atomic mass is 32.2. The predicted molar refractivity (Wildman–Crippen MR) is 153 cm³/mol. The van der Waals surface area contributed by atoms with Gasteiger partial charge in [0.15, 0.2) is 6.10 Å². The van der Waals surface area contributed by atoms with Gasteiger partial charge in [-0.15, -0.1) is 0 Å². The topological polar surface area (TPSA) is 104 Å². The van der Waals surface area contributed by atoms with Gasteiger partial charge in [-0.1, -0.05) is 77.9 Å². The Bertz CT molecular complexity index is 964. The lowest BCUT2D eigenvalue weighted by Gasteiger charge is -2.37. The number of allylic oxidation sites excluding steroid dienone is 2. The number of carbonyl (C=O) groups excluding carboxylic acids is 1. The molecule has 2 saturated carbocycles. The molecule has 4 rings (SSSR count). The van der Waals surface area contributed by atoms with Crippen LogP contribution in [0, 0.1) is 16.7 Å². The van der Waals surface area contributed by atoms with Crippen molar-refractivity contribution in [1.29, 1.82) is 0 Å². The van der Waals surface area contributed by atoms with Crippen molar-refractivity contribution in [3.05, 3.63) is 12.2 Å². The standard InChI is InChI=1S/C31H53NO6S/c1-4-5-6-7-8-9-10-11-12-13-14-15-16-24(33)25-17-18-26(38-25)28(34)29(35)32-27-21-23-19-20-31(27,30(23,2)3)22-39(32,36)37/h13-14,23-28,33-34H,4-12,15-22H2,1-3H3/b14-13+/t23-,24+,25+,26-,27-,28+,31-/m0/s1. The molecule has 2 aliphatic heterocycles. The Morgan fingerprint density at radius 2 is 1.62 bits per heavy atom. The summed E-state index contributed by atoms with van der Waals surface area (Å²) in [4.78, 5) is 13.4. The van der Waals surface area contributed by atoms with E-state index in [1.807, 2.05) is 0 Å². The molecule has 4 aliphatic rings. The van der Waals surface area contributed by atoms with Crippen LogP contribution in [0.3, 0.4) is 0 Å². The maximum Gasteiger partial charge on any atom is 0.267 e. The van der Waals surface area contributed by atoms with Gasteiger partial charge in [-0.25, -0.2) is 12.7 Å². The van der Waals surface area contributed by atoms with Crippen molar-refractivity contribution in [3.63, 3.8) is 0 Å². The third kappa shape index (κ3) is 6.29. The molecule has 0 unspecified atom stereocenters. The SMILES string of the molecule is CCCCCCCCCC/C=C/CC[C@@H](O)[C@H]1CC[C@@H]([C@@H](O)C(=O)N2[C@H]3C[C@@H]4CC[C@@]3(CS2(=O)=O)C4(C)C)O1. The second kappa shape index (κ2) is 12.9. The fourth-order valence-electron chi connectivity index (χ4n) is 8.16. The molecule has 0 radical (unpaired) electrons. The average Bonchev–Trinajstić information content (AvgIpc) is 3.59. The fourth-order valence-corrected chi connectivity index (χ4v) is 10.7. The van der Waals surface area contributed by atoms with Crippen LogP contribution in [0.4, 0.5) is 0 Å². The van der Waals surface area contributed by atoms with E-state index in [1.165, 1.54) is 51.4 Å². The number of hydrogen-bond acceptors (Lipinski definition) is 6. The lowest BCUT2D eigenvalue weighted by atomic mass is 9.69. The van der Waals surface area contributed by atoms with E-state index >= 15 is 0 Å². The summed E-state index contributed by atoms with van der Waals surface area (Å²) in [6.07, 6.45) is 17.3. The maximum atomic E-state index is 13.4. The minimum Gasteiger partial charge on any atom is -0.390 e. The van der Waals surface area contributed by atoms with Gasteiger partial charge in [0.1, 0.15) is 0 Å². The number of amides is 1. The first-order valence-electron chi connectivity index (χ1n) is 15.8. The largest absolute Gasteiger partial charge is 0.390 e. The summed E-state index contributed by atoms with van der Waals surface area (Å²) in [6, 6.07) is -0.362. The zero-order valence-corrected chi connectivity index (χ0v) is 25.3. The molecule has 0 aromatic heterocycles. The third-order valence-electron chi connectivity index (χ3n) is 10.8. The number of aliphatic hydroxyl groups is 2. The number of hydrogen-bond donors (Lipinski definition) is 2. The molecule has 2 bridgehead atoms. The molecular formula is C31H53NO6S. The van der Waals surface area contributed by atoms with E-state index in [0.29, 0.717) is 31.6 Å². The van der Waals surface area contributed by atoms with Crippen molar-refractivity contribution < 1.29 is 28.2 Å². The first-order chi connectivity index (χ1) is 18.5. The minimum absolute atomic E-state index is 0.00788. The highest BCUT2D eigenvalue weighted by Crippen LogP contribution is 2.70. The molecule has 1 amide bonds. The van der Waals surface area contributed by atoms with Crippen LogP contribution in [0.2, 0.25) is 0 Å². The smallest absolute Gasteiger partial charge is 0.267 e. The molecule has 7 nitrogen and oxygen atoms in total. The van der Waals surface area contributed by atoms with Gasteiger partial charge in [0, 0.05) is 5.41 Å². The van der Waals surface area contributed by atoms with Crippen molar-refractivity contribution in [3.8, 4) is 0 Å². The average molecular weight is 568 g/mol. The lowest BCUT2D eigenvalue weighted by molar-refractivity contribution is -0.148. The quantitative estimate of drug-likeness (QED) is 0.200. The second-order valence-electron chi connectivity index (χ2n) is 13.4. The molecule has 0 aromatic carbocycles. The molecule has 2 saturated heterocycles. The Kier molecular flexibility index (Phi) is 10.3. The highest BCUT2D eigenvalue weighted by molar-refractivity contribution is 7.90. The Morgan fingerprint density at radius 1 is 0.974 bits per heavy atom. The van der Waals surface area contributed by atoms with Crippen LogP contribution in [-0.4, -0.2) is 65.1 Å². The summed E-state index contributed by atoms with van der Waals surface area (Å²) in [5.74, 6) is -0.349. The van der Waals surface area contributed by atoms with Gasteiger partial charge >= 0.3 is 0 Å². The summed E-state index contributed by atoms with van der Waals surface area (Å²) >= 11 is 0. The van der Waals surface area contributed by atoms with Crippen LogP contribution in [0.15, 0.2) is 12.2 Å². The van der Waals surface area contributed by atoms with Gasteiger partial charge in [0.2, 0.25) is 10.0 Å². The Labute approximate surface area is 236 Å².